The van der Waals surface area contributed by atoms with E-state index in [0.717, 1.165) is 12.8 Å². The van der Waals surface area contributed by atoms with E-state index in [4.69, 9.17) is 4.74 Å². The third-order valence-corrected chi connectivity index (χ3v) is 5.01. The third-order valence-electron chi connectivity index (χ3n) is 5.01. The van der Waals surface area contributed by atoms with E-state index >= 15 is 0 Å². The normalized spacial score (nSPS) is 24.9. The molecule has 2 N–H and O–H groups in total. The first-order valence-corrected chi connectivity index (χ1v) is 10.3. The fraction of sp³-hybridized carbons (Fsp3) is 1.00. The van der Waals surface area contributed by atoms with Crippen LogP contribution in [0, 0.1) is 0 Å². The molecule has 3 nitrogen and oxygen atoms in total. The first-order valence-electron chi connectivity index (χ1n) is 10.3. The fourth-order valence-electron chi connectivity index (χ4n) is 3.63. The summed E-state index contributed by atoms with van der Waals surface area (Å²) < 4.78 is 5.90. The highest BCUT2D eigenvalue weighted by Crippen LogP contribution is 2.19. The Morgan fingerprint density at radius 2 is 1.39 bits per heavy atom. The molecule has 1 rings (SSSR count). The molecule has 0 aromatic carbocycles. The van der Waals surface area contributed by atoms with Gasteiger partial charge >= 0.3 is 0 Å². The zero-order chi connectivity index (χ0) is 16.8. The molecule has 0 spiro atoms. The van der Waals surface area contributed by atoms with Crippen LogP contribution in [-0.2, 0) is 4.74 Å². The zero-order valence-electron chi connectivity index (χ0n) is 15.7. The minimum atomic E-state index is 0.0863. The summed E-state index contributed by atoms with van der Waals surface area (Å²) in [5.74, 6) is 0. The summed E-state index contributed by atoms with van der Waals surface area (Å²) in [4.78, 5) is 0. The number of ether oxygens (including phenoxy) is 1. The largest absolute Gasteiger partial charge is 0.395 e. The number of hydrogen-bond donors (Lipinski definition) is 2. The SMILES string of the molecule is CCCCCCCCCCCCCC[C@@H]1C[C@H](CO)NC(C)O1. The van der Waals surface area contributed by atoms with Gasteiger partial charge in [0.05, 0.1) is 12.7 Å². The lowest BCUT2D eigenvalue weighted by atomic mass is 10.0. The summed E-state index contributed by atoms with van der Waals surface area (Å²) in [6.07, 6.45) is 19.3. The molecule has 0 aromatic heterocycles. The second kappa shape index (κ2) is 14.2. The summed E-state index contributed by atoms with van der Waals surface area (Å²) in [5.41, 5.74) is 0. The Hall–Kier alpha value is -0.120. The summed E-state index contributed by atoms with van der Waals surface area (Å²) in [6, 6.07) is 0.223. The van der Waals surface area contributed by atoms with Gasteiger partial charge in [0.15, 0.2) is 0 Å². The minimum Gasteiger partial charge on any atom is -0.395 e. The molecule has 0 bridgehead atoms. The molecule has 1 saturated heterocycles. The topological polar surface area (TPSA) is 41.5 Å². The van der Waals surface area contributed by atoms with Crippen molar-refractivity contribution in [1.29, 1.82) is 0 Å². The molecule has 0 saturated carbocycles. The average molecular weight is 328 g/mol. The van der Waals surface area contributed by atoms with E-state index in [1.807, 2.05) is 6.92 Å². The van der Waals surface area contributed by atoms with Gasteiger partial charge in [-0.05, 0) is 19.8 Å². The molecule has 3 atom stereocenters. The second-order valence-corrected chi connectivity index (χ2v) is 7.36. The van der Waals surface area contributed by atoms with Crippen LogP contribution in [0.25, 0.3) is 0 Å². The molecule has 0 aromatic rings. The molecular formula is C20H41NO2. The molecule has 1 unspecified atom stereocenters. The molecule has 138 valence electrons. The van der Waals surface area contributed by atoms with E-state index in [1.165, 1.54) is 77.0 Å². The van der Waals surface area contributed by atoms with Crippen LogP contribution in [0.1, 0.15) is 104 Å². The molecular weight excluding hydrogens is 286 g/mol. The number of aliphatic hydroxyl groups excluding tert-OH is 1. The molecule has 23 heavy (non-hydrogen) atoms. The van der Waals surface area contributed by atoms with Gasteiger partial charge in [-0.3, -0.25) is 5.32 Å². The van der Waals surface area contributed by atoms with Gasteiger partial charge in [0.2, 0.25) is 0 Å². The predicted molar refractivity (Wildman–Crippen MR) is 98.7 cm³/mol. The van der Waals surface area contributed by atoms with Crippen LogP contribution in [-0.4, -0.2) is 30.1 Å². The van der Waals surface area contributed by atoms with Gasteiger partial charge in [-0.1, -0.05) is 84.0 Å². The smallest absolute Gasteiger partial charge is 0.105 e. The van der Waals surface area contributed by atoms with Gasteiger partial charge in [0.25, 0.3) is 0 Å². The van der Waals surface area contributed by atoms with Crippen molar-refractivity contribution in [2.24, 2.45) is 0 Å². The van der Waals surface area contributed by atoms with Crippen LogP contribution in [0.15, 0.2) is 0 Å². The summed E-state index contributed by atoms with van der Waals surface area (Å²) >= 11 is 0. The van der Waals surface area contributed by atoms with Crippen molar-refractivity contribution in [3.05, 3.63) is 0 Å². The maximum Gasteiger partial charge on any atom is 0.105 e. The highest BCUT2D eigenvalue weighted by atomic mass is 16.5. The van der Waals surface area contributed by atoms with E-state index in [1.54, 1.807) is 0 Å². The molecule has 3 heteroatoms. The maximum absolute atomic E-state index is 9.28. The van der Waals surface area contributed by atoms with E-state index in [2.05, 4.69) is 12.2 Å². The van der Waals surface area contributed by atoms with E-state index < -0.39 is 0 Å². The number of rotatable bonds is 14. The highest BCUT2D eigenvalue weighted by Gasteiger charge is 2.25. The molecule has 1 aliphatic rings. The van der Waals surface area contributed by atoms with Crippen molar-refractivity contribution in [1.82, 2.24) is 5.32 Å². The van der Waals surface area contributed by atoms with Crippen molar-refractivity contribution < 1.29 is 9.84 Å². The monoisotopic (exact) mass is 327 g/mol. The van der Waals surface area contributed by atoms with Gasteiger partial charge < -0.3 is 9.84 Å². The summed E-state index contributed by atoms with van der Waals surface area (Å²) in [7, 11) is 0. The Morgan fingerprint density at radius 1 is 0.870 bits per heavy atom. The third kappa shape index (κ3) is 11.1. The van der Waals surface area contributed by atoms with Gasteiger partial charge in [-0.2, -0.15) is 0 Å². The Morgan fingerprint density at radius 3 is 1.91 bits per heavy atom. The van der Waals surface area contributed by atoms with E-state index in [-0.39, 0.29) is 18.9 Å². The van der Waals surface area contributed by atoms with Gasteiger partial charge in [-0.15, -0.1) is 0 Å². The average Bonchev–Trinajstić information content (AvgIpc) is 2.55. The van der Waals surface area contributed by atoms with E-state index in [0.29, 0.717) is 6.10 Å². The Bertz CT molecular complexity index is 260. The lowest BCUT2D eigenvalue weighted by Gasteiger charge is -2.34. The molecule has 1 heterocycles. The fourth-order valence-corrected chi connectivity index (χ4v) is 3.63. The number of aliphatic hydroxyl groups is 1. The van der Waals surface area contributed by atoms with Crippen molar-refractivity contribution >= 4 is 0 Å². The molecule has 1 fully saturated rings. The Kier molecular flexibility index (Phi) is 13.0. The number of hydrogen-bond acceptors (Lipinski definition) is 3. The first-order chi connectivity index (χ1) is 11.3. The molecule has 0 aliphatic carbocycles. The van der Waals surface area contributed by atoms with Crippen LogP contribution < -0.4 is 5.32 Å². The quantitative estimate of drug-likeness (QED) is 0.433. The lowest BCUT2D eigenvalue weighted by Crippen LogP contribution is -2.49. The van der Waals surface area contributed by atoms with Crippen molar-refractivity contribution in [3.8, 4) is 0 Å². The molecule has 0 radical (unpaired) electrons. The van der Waals surface area contributed by atoms with Gasteiger partial charge in [0.1, 0.15) is 6.23 Å². The van der Waals surface area contributed by atoms with Crippen molar-refractivity contribution in [2.45, 2.75) is 122 Å². The van der Waals surface area contributed by atoms with Crippen molar-refractivity contribution in [2.75, 3.05) is 6.61 Å². The second-order valence-electron chi connectivity index (χ2n) is 7.36. The van der Waals surface area contributed by atoms with E-state index in [9.17, 15) is 5.11 Å². The van der Waals surface area contributed by atoms with Crippen LogP contribution in [0.4, 0.5) is 0 Å². The van der Waals surface area contributed by atoms with Gasteiger partial charge in [-0.25, -0.2) is 0 Å². The van der Waals surface area contributed by atoms with Gasteiger partial charge in [0, 0.05) is 6.04 Å². The highest BCUT2D eigenvalue weighted by molar-refractivity contribution is 4.77. The standard InChI is InChI=1S/C20H41NO2/c1-3-4-5-6-7-8-9-10-11-12-13-14-15-20-16-19(17-22)21-18(2)23-20/h18-22H,3-17H2,1-2H3/t18?,19-,20-/m1/s1. The lowest BCUT2D eigenvalue weighted by molar-refractivity contribution is -0.0784. The predicted octanol–water partition coefficient (Wildman–Crippen LogP) is 5.16. The number of unbranched alkanes of at least 4 members (excludes halogenated alkanes) is 11. The van der Waals surface area contributed by atoms with Crippen LogP contribution in [0.5, 0.6) is 0 Å². The minimum absolute atomic E-state index is 0.0863. The number of nitrogens with one attached hydrogen (secondary N) is 1. The Labute approximate surface area is 144 Å². The maximum atomic E-state index is 9.28. The molecule has 1 aliphatic heterocycles. The molecule has 0 amide bonds. The van der Waals surface area contributed by atoms with Crippen LogP contribution in [0.2, 0.25) is 0 Å². The van der Waals surface area contributed by atoms with Crippen molar-refractivity contribution in [3.63, 3.8) is 0 Å². The van der Waals surface area contributed by atoms with Crippen LogP contribution in [0.3, 0.4) is 0 Å². The summed E-state index contributed by atoms with van der Waals surface area (Å²) in [5, 5.41) is 12.6. The Balaban J connectivity index is 1.84. The van der Waals surface area contributed by atoms with Crippen LogP contribution >= 0.6 is 0 Å². The zero-order valence-corrected chi connectivity index (χ0v) is 15.7. The first kappa shape index (κ1) is 20.9. The summed E-state index contributed by atoms with van der Waals surface area (Å²) in [6.45, 7) is 4.54.